The summed E-state index contributed by atoms with van der Waals surface area (Å²) in [6.45, 7) is 6.10. The minimum Gasteiger partial charge on any atom is -0.465 e. The maximum atomic E-state index is 12.9. The van der Waals surface area contributed by atoms with Crippen molar-refractivity contribution in [3.8, 4) is 0 Å². The average molecular weight is 350 g/mol. The van der Waals surface area contributed by atoms with Gasteiger partial charge in [0.25, 0.3) is 5.56 Å². The monoisotopic (exact) mass is 350 g/mol. The zero-order chi connectivity index (χ0) is 17.7. The van der Waals surface area contributed by atoms with Crippen molar-refractivity contribution in [3.63, 3.8) is 0 Å². The summed E-state index contributed by atoms with van der Waals surface area (Å²) in [4.78, 5) is 29.4. The second kappa shape index (κ2) is 8.30. The molecule has 2 atom stereocenters. The molecule has 0 amide bonds. The number of methoxy groups -OCH3 is 1. The molecule has 0 radical (unpaired) electrons. The summed E-state index contributed by atoms with van der Waals surface area (Å²) in [5.41, 5.74) is 0.477. The van der Waals surface area contributed by atoms with Crippen molar-refractivity contribution in [2.75, 3.05) is 20.3 Å². The lowest BCUT2D eigenvalue weighted by Gasteiger charge is -2.20. The summed E-state index contributed by atoms with van der Waals surface area (Å²) in [5, 5.41) is 0.580. The first-order valence-corrected chi connectivity index (χ1v) is 8.71. The van der Waals surface area contributed by atoms with E-state index in [-0.39, 0.29) is 17.6 Å². The van der Waals surface area contributed by atoms with Crippen molar-refractivity contribution in [2.24, 2.45) is 0 Å². The molecule has 1 aromatic heterocycles. The summed E-state index contributed by atoms with van der Waals surface area (Å²) < 4.78 is 11.8. The minimum atomic E-state index is -0.459. The number of fused-ring (bicyclic) bond motifs is 1. The third-order valence-electron chi connectivity index (χ3n) is 3.52. The molecule has 1 heterocycles. The Morgan fingerprint density at radius 3 is 2.71 bits per heavy atom. The highest BCUT2D eigenvalue weighted by Crippen LogP contribution is 2.25. The lowest BCUT2D eigenvalue weighted by molar-refractivity contribution is -0.142. The zero-order valence-electron chi connectivity index (χ0n) is 14.3. The Hall–Kier alpha value is -1.86. The lowest BCUT2D eigenvalue weighted by atomic mass is 10.2. The van der Waals surface area contributed by atoms with E-state index in [0.717, 1.165) is 0 Å². The molecule has 1 aromatic carbocycles. The van der Waals surface area contributed by atoms with Crippen LogP contribution >= 0.6 is 11.8 Å². The Balaban J connectivity index is 2.51. The summed E-state index contributed by atoms with van der Waals surface area (Å²) in [7, 11) is 1.59. The van der Waals surface area contributed by atoms with Crippen molar-refractivity contribution >= 4 is 28.6 Å². The number of nitrogens with zero attached hydrogens (tertiary/aromatic N) is 2. The maximum absolute atomic E-state index is 12.9. The van der Waals surface area contributed by atoms with Crippen LogP contribution in [-0.4, -0.2) is 41.1 Å². The van der Waals surface area contributed by atoms with E-state index in [4.69, 9.17) is 9.47 Å². The number of carbonyl (C=O) groups is 1. The van der Waals surface area contributed by atoms with Crippen molar-refractivity contribution in [1.82, 2.24) is 9.55 Å². The van der Waals surface area contributed by atoms with Gasteiger partial charge in [-0.2, -0.15) is 0 Å². The Bertz CT molecular complexity index is 775. The molecule has 0 unspecified atom stereocenters. The van der Waals surface area contributed by atoms with Crippen LogP contribution in [0.2, 0.25) is 0 Å². The van der Waals surface area contributed by atoms with E-state index in [9.17, 15) is 9.59 Å². The van der Waals surface area contributed by atoms with Crippen LogP contribution in [0.15, 0.2) is 34.2 Å². The molecule has 24 heavy (non-hydrogen) atoms. The summed E-state index contributed by atoms with van der Waals surface area (Å²) >= 11 is 1.22. The van der Waals surface area contributed by atoms with Crippen LogP contribution in [0.1, 0.15) is 26.8 Å². The molecular formula is C17H22N2O4S. The predicted octanol–water partition coefficient (Wildman–Crippen LogP) is 2.65. The Kier molecular flexibility index (Phi) is 6.39. The van der Waals surface area contributed by atoms with Crippen LogP contribution in [0.25, 0.3) is 10.9 Å². The fourth-order valence-electron chi connectivity index (χ4n) is 2.38. The fourth-order valence-corrected chi connectivity index (χ4v) is 3.39. The van der Waals surface area contributed by atoms with E-state index in [1.807, 2.05) is 19.1 Å². The second-order valence-corrected chi connectivity index (χ2v) is 6.71. The summed E-state index contributed by atoms with van der Waals surface area (Å²) in [6.07, 6.45) is 0. The molecule has 130 valence electrons. The normalized spacial score (nSPS) is 13.7. The number of thioether (sulfide) groups is 1. The highest BCUT2D eigenvalue weighted by molar-refractivity contribution is 8.00. The first-order valence-electron chi connectivity index (χ1n) is 7.83. The number of ether oxygens (including phenoxy) is 2. The van der Waals surface area contributed by atoms with E-state index >= 15 is 0 Å². The van der Waals surface area contributed by atoms with Gasteiger partial charge in [0, 0.05) is 7.11 Å². The number of carbonyl (C=O) groups excluding carboxylic acids is 1. The predicted molar refractivity (Wildman–Crippen MR) is 94.5 cm³/mol. The molecule has 7 heteroatoms. The van der Waals surface area contributed by atoms with Gasteiger partial charge in [0.15, 0.2) is 5.16 Å². The highest BCUT2D eigenvalue weighted by atomic mass is 32.2. The van der Waals surface area contributed by atoms with Crippen LogP contribution < -0.4 is 5.56 Å². The van der Waals surface area contributed by atoms with Crippen LogP contribution in [0.4, 0.5) is 0 Å². The van der Waals surface area contributed by atoms with Crippen LogP contribution in [0.3, 0.4) is 0 Å². The fraction of sp³-hybridized carbons (Fsp3) is 0.471. The van der Waals surface area contributed by atoms with Crippen LogP contribution in [-0.2, 0) is 14.3 Å². The first kappa shape index (κ1) is 18.5. The van der Waals surface area contributed by atoms with Gasteiger partial charge in [-0.25, -0.2) is 4.98 Å². The number of hydrogen-bond donors (Lipinski definition) is 0. The smallest absolute Gasteiger partial charge is 0.319 e. The summed E-state index contributed by atoms with van der Waals surface area (Å²) in [5.74, 6) is -0.323. The SMILES string of the molecule is CCOC(=O)[C@H](C)Sc1nc2ccccc2c(=O)n1[C@@H](C)COC. The number of para-hydroxylation sites is 1. The molecule has 0 bridgehead atoms. The van der Waals surface area contributed by atoms with Gasteiger partial charge in [-0.15, -0.1) is 0 Å². The van der Waals surface area contributed by atoms with Gasteiger partial charge < -0.3 is 9.47 Å². The highest BCUT2D eigenvalue weighted by Gasteiger charge is 2.22. The van der Waals surface area contributed by atoms with Gasteiger partial charge in [0.2, 0.25) is 0 Å². The van der Waals surface area contributed by atoms with Gasteiger partial charge >= 0.3 is 5.97 Å². The van der Waals surface area contributed by atoms with Crippen molar-refractivity contribution in [1.29, 1.82) is 0 Å². The third-order valence-corrected chi connectivity index (χ3v) is 4.57. The molecule has 0 aliphatic rings. The average Bonchev–Trinajstić information content (AvgIpc) is 2.55. The van der Waals surface area contributed by atoms with E-state index < -0.39 is 5.25 Å². The molecule has 0 N–H and O–H groups in total. The molecule has 0 aliphatic carbocycles. The zero-order valence-corrected chi connectivity index (χ0v) is 15.1. The Morgan fingerprint density at radius 2 is 2.04 bits per heavy atom. The van der Waals surface area contributed by atoms with Gasteiger partial charge in [0.05, 0.1) is 30.2 Å². The Morgan fingerprint density at radius 1 is 1.33 bits per heavy atom. The lowest BCUT2D eigenvalue weighted by Crippen LogP contribution is -2.29. The van der Waals surface area contributed by atoms with Crippen molar-refractivity contribution in [2.45, 2.75) is 37.2 Å². The minimum absolute atomic E-state index is 0.135. The van der Waals surface area contributed by atoms with Gasteiger partial charge in [-0.1, -0.05) is 23.9 Å². The molecule has 6 nitrogen and oxygen atoms in total. The molecular weight excluding hydrogens is 328 g/mol. The van der Waals surface area contributed by atoms with E-state index in [1.54, 1.807) is 37.7 Å². The van der Waals surface area contributed by atoms with Gasteiger partial charge in [0.1, 0.15) is 5.25 Å². The molecule has 0 aliphatic heterocycles. The quantitative estimate of drug-likeness (QED) is 0.434. The van der Waals surface area contributed by atoms with Crippen LogP contribution in [0, 0.1) is 0 Å². The first-order chi connectivity index (χ1) is 11.5. The number of aromatic nitrogens is 2. The van der Waals surface area contributed by atoms with E-state index in [0.29, 0.717) is 29.3 Å². The molecule has 0 spiro atoms. The topological polar surface area (TPSA) is 70.4 Å². The molecule has 2 aromatic rings. The van der Waals surface area contributed by atoms with Gasteiger partial charge in [-0.05, 0) is 32.9 Å². The largest absolute Gasteiger partial charge is 0.465 e. The Labute approximate surface area is 145 Å². The summed E-state index contributed by atoms with van der Waals surface area (Å²) in [6, 6.07) is 6.99. The molecule has 0 fully saturated rings. The molecule has 2 rings (SSSR count). The third kappa shape index (κ3) is 3.96. The van der Waals surface area contributed by atoms with Crippen molar-refractivity contribution in [3.05, 3.63) is 34.6 Å². The van der Waals surface area contributed by atoms with Crippen molar-refractivity contribution < 1.29 is 14.3 Å². The number of hydrogen-bond acceptors (Lipinski definition) is 6. The molecule has 0 saturated heterocycles. The molecule has 0 saturated carbocycles. The van der Waals surface area contributed by atoms with Crippen LogP contribution in [0.5, 0.6) is 0 Å². The van der Waals surface area contributed by atoms with E-state index in [2.05, 4.69) is 4.98 Å². The maximum Gasteiger partial charge on any atom is 0.319 e. The van der Waals surface area contributed by atoms with Gasteiger partial charge in [-0.3, -0.25) is 14.2 Å². The number of esters is 1. The second-order valence-electron chi connectivity index (χ2n) is 5.40. The number of rotatable bonds is 7. The number of benzene rings is 1. The van der Waals surface area contributed by atoms with E-state index in [1.165, 1.54) is 11.8 Å². The standard InChI is InChI=1S/C17H22N2O4S/c1-5-23-16(21)12(3)24-17-18-14-9-7-6-8-13(14)15(20)19(17)11(2)10-22-4/h6-9,11-12H,5,10H2,1-4H3/t11-,12-/m0/s1.